The van der Waals surface area contributed by atoms with Crippen LogP contribution in [0.5, 0.6) is 0 Å². The van der Waals surface area contributed by atoms with Gasteiger partial charge >= 0.3 is 0 Å². The van der Waals surface area contributed by atoms with Gasteiger partial charge in [0, 0.05) is 30.5 Å². The fraction of sp³-hybridized carbons (Fsp3) is 0.281. The monoisotopic (exact) mass is 507 g/mol. The Kier molecular flexibility index (Phi) is 8.41. The lowest BCUT2D eigenvalue weighted by molar-refractivity contribution is 0.0743. The Labute approximate surface area is 225 Å². The number of carbonyl (C=O) groups excluding carboxylic acids is 1. The minimum atomic E-state index is 0.0414. The van der Waals surface area contributed by atoms with Gasteiger partial charge in [-0.05, 0) is 98.0 Å². The van der Waals surface area contributed by atoms with Gasteiger partial charge in [0.25, 0.3) is 5.91 Å². The summed E-state index contributed by atoms with van der Waals surface area (Å²) in [5, 5.41) is 4.36. The van der Waals surface area contributed by atoms with Gasteiger partial charge in [-0.1, -0.05) is 39.0 Å². The summed E-state index contributed by atoms with van der Waals surface area (Å²) in [5.74, 6) is 0.952. The number of H-pyrrole nitrogens is 1. The smallest absolute Gasteiger partial charge is 0.254 e. The predicted octanol–water partition coefficient (Wildman–Crippen LogP) is 7.42. The number of fused-ring (bicyclic) bond motifs is 1. The number of carbonyl (C=O) groups is 1. The Hall–Kier alpha value is -4.19. The van der Waals surface area contributed by atoms with Crippen LogP contribution in [-0.2, 0) is 6.54 Å². The van der Waals surface area contributed by atoms with Crippen molar-refractivity contribution in [3.8, 4) is 16.8 Å². The van der Waals surface area contributed by atoms with E-state index < -0.39 is 0 Å². The molecule has 3 aromatic carbocycles. The Morgan fingerprint density at radius 1 is 0.921 bits per heavy atom. The van der Waals surface area contributed by atoms with Crippen LogP contribution in [0.3, 0.4) is 0 Å². The van der Waals surface area contributed by atoms with Gasteiger partial charge in [0.2, 0.25) is 0 Å². The number of nitrogens with one attached hydrogen (secondary N) is 1. The summed E-state index contributed by atoms with van der Waals surface area (Å²) in [6, 6.07) is 22.5. The zero-order valence-electron chi connectivity index (χ0n) is 23.2. The molecule has 5 aromatic rings. The summed E-state index contributed by atoms with van der Waals surface area (Å²) in [4.78, 5) is 23.3. The molecular weight excluding hydrogens is 470 g/mol. The van der Waals surface area contributed by atoms with Crippen LogP contribution in [0.1, 0.15) is 60.2 Å². The highest BCUT2D eigenvalue weighted by atomic mass is 16.2. The molecule has 0 saturated carbocycles. The van der Waals surface area contributed by atoms with Crippen molar-refractivity contribution in [2.45, 2.75) is 54.5 Å². The Morgan fingerprint density at radius 2 is 1.63 bits per heavy atom. The molecule has 2 aromatic heterocycles. The maximum Gasteiger partial charge on any atom is 0.254 e. The first kappa shape index (κ1) is 26.9. The number of aromatic amines is 1. The lowest BCUT2D eigenvalue weighted by Gasteiger charge is -2.24. The Bertz CT molecular complexity index is 1530. The zero-order valence-corrected chi connectivity index (χ0v) is 23.2. The van der Waals surface area contributed by atoms with Gasteiger partial charge in [0.15, 0.2) is 0 Å². The number of hydrogen-bond donors (Lipinski definition) is 1. The maximum atomic E-state index is 13.5. The molecule has 6 nitrogen and oxygen atoms in total. The van der Waals surface area contributed by atoms with Gasteiger partial charge in [-0.15, -0.1) is 0 Å². The number of rotatable bonds is 7. The zero-order chi connectivity index (χ0) is 27.2. The topological polar surface area (TPSA) is 66.8 Å². The highest BCUT2D eigenvalue weighted by Gasteiger charge is 2.17. The van der Waals surface area contributed by atoms with Crippen LogP contribution in [0.25, 0.3) is 27.8 Å². The molecule has 0 aliphatic carbocycles. The van der Waals surface area contributed by atoms with E-state index in [4.69, 9.17) is 0 Å². The van der Waals surface area contributed by atoms with Gasteiger partial charge in [-0.25, -0.2) is 9.67 Å². The van der Waals surface area contributed by atoms with E-state index in [1.807, 2.05) is 67.6 Å². The summed E-state index contributed by atoms with van der Waals surface area (Å²) < 4.78 is 1.87. The van der Waals surface area contributed by atoms with Crippen LogP contribution >= 0.6 is 0 Å². The van der Waals surface area contributed by atoms with Gasteiger partial charge < -0.3 is 9.88 Å². The number of imidazole rings is 1. The third-order valence-corrected chi connectivity index (χ3v) is 6.62. The van der Waals surface area contributed by atoms with Gasteiger partial charge in [0.1, 0.15) is 5.82 Å². The molecule has 5 rings (SSSR count). The first-order chi connectivity index (χ1) is 18.4. The fourth-order valence-corrected chi connectivity index (χ4v) is 4.63. The van der Waals surface area contributed by atoms with Crippen molar-refractivity contribution in [1.82, 2.24) is 24.6 Å². The van der Waals surface area contributed by atoms with Crippen LogP contribution in [-0.4, -0.2) is 37.1 Å². The summed E-state index contributed by atoms with van der Waals surface area (Å²) in [5.41, 5.74) is 9.28. The molecule has 6 heteroatoms. The third kappa shape index (κ3) is 5.70. The largest absolute Gasteiger partial charge is 0.342 e. The third-order valence-electron chi connectivity index (χ3n) is 6.62. The molecule has 1 N–H and O–H groups in total. The molecule has 0 spiro atoms. The van der Waals surface area contributed by atoms with Crippen molar-refractivity contribution in [3.05, 3.63) is 101 Å². The molecule has 2 heterocycles. The Balaban J connectivity index is 0.00000164. The summed E-state index contributed by atoms with van der Waals surface area (Å²) in [6.07, 6.45) is 2.67. The molecule has 196 valence electrons. The van der Waals surface area contributed by atoms with Gasteiger partial charge in [0.05, 0.1) is 16.7 Å². The number of benzene rings is 3. The number of amides is 1. The van der Waals surface area contributed by atoms with Crippen LogP contribution in [0.2, 0.25) is 0 Å². The maximum absolute atomic E-state index is 13.5. The Morgan fingerprint density at radius 3 is 2.32 bits per heavy atom. The molecular formula is C32H37N5O. The summed E-state index contributed by atoms with van der Waals surface area (Å²) >= 11 is 0. The standard InChI is InChI=1S/C30H31N5O.C2H6/c1-5-16-34(30(36)23-8-11-27(12-9-23)35-21(3)14-15-31-35)19-26-17-24(7-6-20(26)2)25-10-13-28-29(18-25)33-22(4)32-28;1-2/h6-15,17-18H,5,16,19H2,1-4H3,(H,32,33);1-2H3. The fourth-order valence-electron chi connectivity index (χ4n) is 4.63. The molecule has 0 fully saturated rings. The molecule has 1 amide bonds. The first-order valence-electron chi connectivity index (χ1n) is 13.4. The molecule has 0 atom stereocenters. The van der Waals surface area contributed by atoms with E-state index in [-0.39, 0.29) is 5.91 Å². The van der Waals surface area contributed by atoms with Crippen LogP contribution < -0.4 is 0 Å². The van der Waals surface area contributed by atoms with Gasteiger partial charge in [-0.3, -0.25) is 4.79 Å². The van der Waals surface area contributed by atoms with E-state index in [1.165, 1.54) is 5.56 Å². The van der Waals surface area contributed by atoms with Gasteiger partial charge in [-0.2, -0.15) is 5.10 Å². The van der Waals surface area contributed by atoms with E-state index in [0.717, 1.165) is 51.4 Å². The van der Waals surface area contributed by atoms with Crippen LogP contribution in [0.15, 0.2) is 72.9 Å². The van der Waals surface area contributed by atoms with Crippen molar-refractivity contribution in [2.75, 3.05) is 6.54 Å². The highest BCUT2D eigenvalue weighted by molar-refractivity contribution is 5.94. The van der Waals surface area contributed by atoms with Crippen molar-refractivity contribution in [1.29, 1.82) is 0 Å². The number of aromatic nitrogens is 4. The average molecular weight is 508 g/mol. The van der Waals surface area contributed by atoms with Crippen molar-refractivity contribution < 1.29 is 4.79 Å². The van der Waals surface area contributed by atoms with E-state index in [9.17, 15) is 4.79 Å². The minimum absolute atomic E-state index is 0.0414. The van der Waals surface area contributed by atoms with Crippen LogP contribution in [0, 0.1) is 20.8 Å². The molecule has 0 saturated heterocycles. The lowest BCUT2D eigenvalue weighted by atomic mass is 9.98. The van der Waals surface area contributed by atoms with Crippen LogP contribution in [0.4, 0.5) is 0 Å². The number of hydrogen-bond acceptors (Lipinski definition) is 3. The highest BCUT2D eigenvalue weighted by Crippen LogP contribution is 2.27. The normalized spacial score (nSPS) is 10.8. The quantitative estimate of drug-likeness (QED) is 0.249. The summed E-state index contributed by atoms with van der Waals surface area (Å²) in [7, 11) is 0. The second kappa shape index (κ2) is 11.9. The predicted molar refractivity (Wildman–Crippen MR) is 156 cm³/mol. The SMILES string of the molecule is CC.CCCN(Cc1cc(-c2ccc3nc(C)[nH]c3c2)ccc1C)C(=O)c1ccc(-n2nccc2C)cc1. The summed E-state index contributed by atoms with van der Waals surface area (Å²) in [6.45, 7) is 13.5. The van der Waals surface area contributed by atoms with E-state index in [1.54, 1.807) is 6.20 Å². The van der Waals surface area contributed by atoms with Crippen molar-refractivity contribution in [3.63, 3.8) is 0 Å². The first-order valence-corrected chi connectivity index (χ1v) is 13.4. The van der Waals surface area contributed by atoms with E-state index in [0.29, 0.717) is 18.7 Å². The number of aryl methyl sites for hydroxylation is 3. The molecule has 0 radical (unpaired) electrons. The molecule has 0 unspecified atom stereocenters. The van der Waals surface area contributed by atoms with E-state index >= 15 is 0 Å². The molecule has 0 bridgehead atoms. The average Bonchev–Trinajstić information content (AvgIpc) is 3.54. The van der Waals surface area contributed by atoms with Crippen molar-refractivity contribution >= 4 is 16.9 Å². The molecule has 38 heavy (non-hydrogen) atoms. The second-order valence-electron chi connectivity index (χ2n) is 9.35. The second-order valence-corrected chi connectivity index (χ2v) is 9.35. The number of nitrogens with zero attached hydrogens (tertiary/aromatic N) is 4. The lowest BCUT2D eigenvalue weighted by Crippen LogP contribution is -2.31. The molecule has 0 aliphatic rings. The minimum Gasteiger partial charge on any atom is -0.342 e. The molecule has 0 aliphatic heterocycles. The van der Waals surface area contributed by atoms with E-state index in [2.05, 4.69) is 65.3 Å². The van der Waals surface area contributed by atoms with Crippen molar-refractivity contribution in [2.24, 2.45) is 0 Å².